The predicted octanol–water partition coefficient (Wildman–Crippen LogP) is 4.49. The molecule has 170 valence electrons. The number of aromatic carboxylic acids is 4. The van der Waals surface area contributed by atoms with Gasteiger partial charge in [-0.2, -0.15) is 0 Å². The van der Waals surface area contributed by atoms with Gasteiger partial charge in [0.15, 0.2) is 0 Å². The lowest BCUT2D eigenvalue weighted by Gasteiger charge is -2.26. The zero-order valence-electron chi connectivity index (χ0n) is 17.9. The molecule has 0 spiro atoms. The summed E-state index contributed by atoms with van der Waals surface area (Å²) in [6, 6.07) is 18.6. The second kappa shape index (κ2) is 10.2. The molecule has 0 aliphatic heterocycles. The van der Waals surface area contributed by atoms with E-state index >= 15 is 0 Å². The fourth-order valence-electron chi connectivity index (χ4n) is 3.01. The molecule has 0 aliphatic rings. The van der Waals surface area contributed by atoms with Gasteiger partial charge in [0.2, 0.25) is 0 Å². The molecule has 0 radical (unpaired) electrons. The third-order valence-electron chi connectivity index (χ3n) is 5.06. The average Bonchev–Trinajstić information content (AvgIpc) is 2.79. The van der Waals surface area contributed by atoms with Gasteiger partial charge in [-0.1, -0.05) is 44.2 Å². The van der Waals surface area contributed by atoms with E-state index in [2.05, 4.69) is 0 Å². The van der Waals surface area contributed by atoms with Crippen LogP contribution >= 0.6 is 0 Å². The van der Waals surface area contributed by atoms with E-state index in [1.807, 2.05) is 13.8 Å². The Morgan fingerprint density at radius 2 is 0.818 bits per heavy atom. The third-order valence-corrected chi connectivity index (χ3v) is 5.06. The minimum atomic E-state index is -1.13. The Bertz CT molecular complexity index is 1090. The largest absolute Gasteiger partial charge is 0.478 e. The maximum absolute atomic E-state index is 10.9. The van der Waals surface area contributed by atoms with Gasteiger partial charge >= 0.3 is 23.9 Å². The maximum Gasteiger partial charge on any atom is 0.335 e. The molecular weight excluding hydrogens is 428 g/mol. The van der Waals surface area contributed by atoms with E-state index in [1.54, 1.807) is 48.5 Å². The summed E-state index contributed by atoms with van der Waals surface area (Å²) in [5.41, 5.74) is 2.05. The Balaban J connectivity index is 0.000000273. The standard InChI is InChI=1S/C17H16O4.C8H6O4/c1-17(2,13-7-3-11(4-8-13)15(18)19)14-9-5-12(6-10-14)16(20)21;9-7(10)5-2-1-3-6(4-5)8(11)12/h3-10H,1-2H3,(H,18,19)(H,20,21);1-4H,(H,9,10)(H,11,12). The molecule has 8 heteroatoms. The molecule has 0 fully saturated rings. The van der Waals surface area contributed by atoms with Gasteiger partial charge in [-0.3, -0.25) is 0 Å². The molecular formula is C25H22O8. The molecule has 8 nitrogen and oxygen atoms in total. The Labute approximate surface area is 189 Å². The van der Waals surface area contributed by atoms with Gasteiger partial charge < -0.3 is 20.4 Å². The fraction of sp³-hybridized carbons (Fsp3) is 0.120. The van der Waals surface area contributed by atoms with Crippen molar-refractivity contribution in [2.45, 2.75) is 19.3 Å². The van der Waals surface area contributed by atoms with E-state index in [0.717, 1.165) is 17.2 Å². The Morgan fingerprint density at radius 3 is 1.09 bits per heavy atom. The highest BCUT2D eigenvalue weighted by Gasteiger charge is 2.23. The van der Waals surface area contributed by atoms with Crippen molar-refractivity contribution < 1.29 is 39.6 Å². The number of carboxylic acid groups (broad SMARTS) is 4. The highest BCUT2D eigenvalue weighted by molar-refractivity contribution is 5.93. The molecule has 0 aliphatic carbocycles. The van der Waals surface area contributed by atoms with Crippen molar-refractivity contribution >= 4 is 23.9 Å². The summed E-state index contributed by atoms with van der Waals surface area (Å²) in [7, 11) is 0. The lowest BCUT2D eigenvalue weighted by Crippen LogP contribution is -2.19. The van der Waals surface area contributed by atoms with Crippen LogP contribution in [0.3, 0.4) is 0 Å². The summed E-state index contributed by atoms with van der Waals surface area (Å²) in [6.45, 7) is 4.02. The van der Waals surface area contributed by atoms with Crippen LogP contribution in [0.15, 0.2) is 72.8 Å². The van der Waals surface area contributed by atoms with Gasteiger partial charge in [-0.05, 0) is 53.6 Å². The molecule has 3 aromatic rings. The second-order valence-corrected chi connectivity index (χ2v) is 7.58. The SMILES string of the molecule is CC(C)(c1ccc(C(=O)O)cc1)c1ccc(C(=O)O)cc1.O=C(O)c1cccc(C(=O)O)c1. The Morgan fingerprint density at radius 1 is 0.515 bits per heavy atom. The Hall–Kier alpha value is -4.46. The highest BCUT2D eigenvalue weighted by atomic mass is 16.4. The van der Waals surface area contributed by atoms with E-state index in [-0.39, 0.29) is 27.7 Å². The maximum atomic E-state index is 10.9. The summed E-state index contributed by atoms with van der Waals surface area (Å²) in [4.78, 5) is 42.5. The first kappa shape index (κ1) is 24.8. The summed E-state index contributed by atoms with van der Waals surface area (Å²) in [6.07, 6.45) is 0. The lowest BCUT2D eigenvalue weighted by molar-refractivity contribution is 0.0680. The fourth-order valence-corrected chi connectivity index (χ4v) is 3.01. The molecule has 33 heavy (non-hydrogen) atoms. The minimum absolute atomic E-state index is 0.0186. The van der Waals surface area contributed by atoms with E-state index < -0.39 is 23.9 Å². The summed E-state index contributed by atoms with van der Waals surface area (Å²) in [5.74, 6) is -4.16. The van der Waals surface area contributed by atoms with Gasteiger partial charge in [-0.15, -0.1) is 0 Å². The number of carboxylic acids is 4. The predicted molar refractivity (Wildman–Crippen MR) is 119 cm³/mol. The molecule has 3 rings (SSSR count). The first-order chi connectivity index (χ1) is 15.4. The van der Waals surface area contributed by atoms with Crippen molar-refractivity contribution in [3.8, 4) is 0 Å². The zero-order chi connectivity index (χ0) is 24.8. The second-order valence-electron chi connectivity index (χ2n) is 7.58. The summed E-state index contributed by atoms with van der Waals surface area (Å²) in [5, 5.41) is 34.8. The molecule has 0 heterocycles. The van der Waals surface area contributed by atoms with Crippen LogP contribution in [0.2, 0.25) is 0 Å². The Kier molecular flexibility index (Phi) is 7.69. The molecule has 0 aromatic heterocycles. The van der Waals surface area contributed by atoms with Crippen LogP contribution in [0.5, 0.6) is 0 Å². The van der Waals surface area contributed by atoms with Crippen molar-refractivity contribution in [2.24, 2.45) is 0 Å². The third kappa shape index (κ3) is 6.27. The van der Waals surface area contributed by atoms with Crippen molar-refractivity contribution in [1.29, 1.82) is 0 Å². The molecule has 3 aromatic carbocycles. The monoisotopic (exact) mass is 450 g/mol. The average molecular weight is 450 g/mol. The van der Waals surface area contributed by atoms with Gasteiger partial charge in [0.05, 0.1) is 22.3 Å². The molecule has 4 N–H and O–H groups in total. The number of benzene rings is 3. The molecule has 0 bridgehead atoms. The van der Waals surface area contributed by atoms with Crippen LogP contribution in [0.25, 0.3) is 0 Å². The number of hydrogen-bond acceptors (Lipinski definition) is 4. The van der Waals surface area contributed by atoms with Gasteiger partial charge in [0, 0.05) is 5.41 Å². The molecule has 0 saturated heterocycles. The first-order valence-electron chi connectivity index (χ1n) is 9.68. The molecule has 0 unspecified atom stereocenters. The quantitative estimate of drug-likeness (QED) is 0.429. The van der Waals surface area contributed by atoms with Crippen molar-refractivity contribution in [2.75, 3.05) is 0 Å². The van der Waals surface area contributed by atoms with Crippen LogP contribution in [0.4, 0.5) is 0 Å². The molecule has 0 saturated carbocycles. The topological polar surface area (TPSA) is 149 Å². The smallest absolute Gasteiger partial charge is 0.335 e. The molecule has 0 atom stereocenters. The van der Waals surface area contributed by atoms with Gasteiger partial charge in [0.1, 0.15) is 0 Å². The number of rotatable bonds is 6. The van der Waals surface area contributed by atoms with Crippen LogP contribution in [0.1, 0.15) is 66.4 Å². The van der Waals surface area contributed by atoms with Crippen molar-refractivity contribution in [3.63, 3.8) is 0 Å². The van der Waals surface area contributed by atoms with E-state index in [0.29, 0.717) is 0 Å². The number of carbonyl (C=O) groups is 4. The van der Waals surface area contributed by atoms with E-state index in [4.69, 9.17) is 20.4 Å². The lowest BCUT2D eigenvalue weighted by atomic mass is 9.78. The van der Waals surface area contributed by atoms with Crippen LogP contribution in [-0.4, -0.2) is 44.3 Å². The van der Waals surface area contributed by atoms with E-state index in [9.17, 15) is 19.2 Å². The normalized spacial score (nSPS) is 10.5. The van der Waals surface area contributed by atoms with Crippen LogP contribution in [0, 0.1) is 0 Å². The molecule has 0 amide bonds. The van der Waals surface area contributed by atoms with Crippen molar-refractivity contribution in [1.82, 2.24) is 0 Å². The zero-order valence-corrected chi connectivity index (χ0v) is 17.9. The minimum Gasteiger partial charge on any atom is -0.478 e. The van der Waals surface area contributed by atoms with Gasteiger partial charge in [-0.25, -0.2) is 19.2 Å². The van der Waals surface area contributed by atoms with Crippen LogP contribution < -0.4 is 0 Å². The first-order valence-corrected chi connectivity index (χ1v) is 9.68. The highest BCUT2D eigenvalue weighted by Crippen LogP contribution is 2.31. The number of hydrogen-bond donors (Lipinski definition) is 4. The van der Waals surface area contributed by atoms with Gasteiger partial charge in [0.25, 0.3) is 0 Å². The summed E-state index contributed by atoms with van der Waals surface area (Å²) < 4.78 is 0. The van der Waals surface area contributed by atoms with E-state index in [1.165, 1.54) is 18.2 Å². The van der Waals surface area contributed by atoms with Crippen LogP contribution in [-0.2, 0) is 5.41 Å². The summed E-state index contributed by atoms with van der Waals surface area (Å²) >= 11 is 0. The van der Waals surface area contributed by atoms with Crippen molar-refractivity contribution in [3.05, 3.63) is 106 Å².